The van der Waals surface area contributed by atoms with Gasteiger partial charge in [0.25, 0.3) is 5.91 Å². The van der Waals surface area contributed by atoms with E-state index >= 15 is 0 Å². The van der Waals surface area contributed by atoms with Gasteiger partial charge in [-0.25, -0.2) is 0 Å². The van der Waals surface area contributed by atoms with E-state index in [4.69, 9.17) is 0 Å². The van der Waals surface area contributed by atoms with Crippen molar-refractivity contribution in [2.24, 2.45) is 0 Å². The van der Waals surface area contributed by atoms with E-state index in [-0.39, 0.29) is 17.9 Å². The maximum Gasteiger partial charge on any atom is 0.252 e. The number of carbonyl (C=O) groups is 2. The Labute approximate surface area is 118 Å². The summed E-state index contributed by atoms with van der Waals surface area (Å²) in [5.74, 6) is 0.0114. The van der Waals surface area contributed by atoms with Gasteiger partial charge in [-0.2, -0.15) is 0 Å². The first-order valence-corrected chi connectivity index (χ1v) is 6.87. The normalized spacial score (nSPS) is 16.2. The van der Waals surface area contributed by atoms with Gasteiger partial charge in [0.05, 0.1) is 5.56 Å². The van der Waals surface area contributed by atoms with Crippen molar-refractivity contribution in [3.63, 3.8) is 0 Å². The number of nitrogens with zero attached hydrogens (tertiary/aromatic N) is 1. The molecule has 0 aliphatic carbocycles. The SMILES string of the molecule is CC(=O)N1CCC(NC(=O)c2ccccc2S)CC1. The molecule has 1 aromatic carbocycles. The fourth-order valence-corrected chi connectivity index (χ4v) is 2.53. The zero-order valence-corrected chi connectivity index (χ0v) is 11.8. The van der Waals surface area contributed by atoms with E-state index in [1.165, 1.54) is 0 Å². The van der Waals surface area contributed by atoms with E-state index in [0.717, 1.165) is 12.8 Å². The van der Waals surface area contributed by atoms with Gasteiger partial charge in [-0.3, -0.25) is 9.59 Å². The lowest BCUT2D eigenvalue weighted by molar-refractivity contribution is -0.129. The van der Waals surface area contributed by atoms with Gasteiger partial charge in [0, 0.05) is 31.0 Å². The lowest BCUT2D eigenvalue weighted by Gasteiger charge is -2.31. The number of hydrogen-bond acceptors (Lipinski definition) is 3. The minimum Gasteiger partial charge on any atom is -0.349 e. The standard InChI is InChI=1S/C14H18N2O2S/c1-10(17)16-8-6-11(7-9-16)15-14(18)12-4-2-3-5-13(12)19/h2-5,11,19H,6-9H2,1H3,(H,15,18). The van der Waals surface area contributed by atoms with Crippen LogP contribution in [0.1, 0.15) is 30.1 Å². The van der Waals surface area contributed by atoms with Crippen LogP contribution in [0.4, 0.5) is 0 Å². The molecular weight excluding hydrogens is 260 g/mol. The molecule has 1 N–H and O–H groups in total. The Balaban J connectivity index is 1.91. The molecule has 2 amide bonds. The lowest BCUT2D eigenvalue weighted by atomic mass is 10.0. The number of nitrogens with one attached hydrogen (secondary N) is 1. The Hall–Kier alpha value is -1.49. The highest BCUT2D eigenvalue weighted by Gasteiger charge is 2.22. The first-order valence-electron chi connectivity index (χ1n) is 6.42. The van der Waals surface area contributed by atoms with Crippen molar-refractivity contribution in [3.05, 3.63) is 29.8 Å². The summed E-state index contributed by atoms with van der Waals surface area (Å²) in [6, 6.07) is 7.38. The topological polar surface area (TPSA) is 49.4 Å². The van der Waals surface area contributed by atoms with Gasteiger partial charge in [-0.05, 0) is 25.0 Å². The van der Waals surface area contributed by atoms with E-state index < -0.39 is 0 Å². The summed E-state index contributed by atoms with van der Waals surface area (Å²) in [4.78, 5) is 25.8. The predicted octanol–water partition coefficient (Wildman–Crippen LogP) is 1.72. The molecule has 0 bridgehead atoms. The van der Waals surface area contributed by atoms with E-state index in [1.54, 1.807) is 19.1 Å². The molecule has 1 aromatic rings. The highest BCUT2D eigenvalue weighted by molar-refractivity contribution is 7.80. The molecule has 1 aliphatic heterocycles. The van der Waals surface area contributed by atoms with E-state index in [1.807, 2.05) is 17.0 Å². The molecule has 1 fully saturated rings. The maximum absolute atomic E-state index is 12.1. The number of likely N-dealkylation sites (tertiary alicyclic amines) is 1. The third-order valence-corrected chi connectivity index (χ3v) is 3.81. The number of thiol groups is 1. The summed E-state index contributed by atoms with van der Waals surface area (Å²) in [7, 11) is 0. The molecule has 0 spiro atoms. The Morgan fingerprint density at radius 3 is 2.47 bits per heavy atom. The number of benzene rings is 1. The van der Waals surface area contributed by atoms with Crippen molar-refractivity contribution in [2.75, 3.05) is 13.1 Å². The number of hydrogen-bond donors (Lipinski definition) is 2. The largest absolute Gasteiger partial charge is 0.349 e. The van der Waals surface area contributed by atoms with Crippen molar-refractivity contribution in [3.8, 4) is 0 Å². The molecule has 0 unspecified atom stereocenters. The van der Waals surface area contributed by atoms with Crippen LogP contribution < -0.4 is 5.32 Å². The molecular formula is C14H18N2O2S. The van der Waals surface area contributed by atoms with Crippen LogP contribution >= 0.6 is 12.6 Å². The lowest BCUT2D eigenvalue weighted by Crippen LogP contribution is -2.46. The van der Waals surface area contributed by atoms with Crippen molar-refractivity contribution in [2.45, 2.75) is 30.7 Å². The summed E-state index contributed by atoms with van der Waals surface area (Å²) in [5.41, 5.74) is 0.597. The smallest absolute Gasteiger partial charge is 0.252 e. The second-order valence-corrected chi connectivity index (χ2v) is 5.25. The van der Waals surface area contributed by atoms with Crippen molar-refractivity contribution < 1.29 is 9.59 Å². The van der Waals surface area contributed by atoms with Gasteiger partial charge < -0.3 is 10.2 Å². The molecule has 5 heteroatoms. The Kier molecular flexibility index (Phi) is 4.47. The average molecular weight is 278 g/mol. The van der Waals surface area contributed by atoms with Crippen LogP contribution in [0.5, 0.6) is 0 Å². The summed E-state index contributed by atoms with van der Waals surface area (Å²) in [5, 5.41) is 3.01. The molecule has 19 heavy (non-hydrogen) atoms. The molecule has 2 rings (SSSR count). The van der Waals surface area contributed by atoms with Gasteiger partial charge in [0.1, 0.15) is 0 Å². The van der Waals surface area contributed by atoms with Crippen LogP contribution in [0.2, 0.25) is 0 Å². The average Bonchev–Trinajstić information content (AvgIpc) is 2.39. The molecule has 4 nitrogen and oxygen atoms in total. The summed E-state index contributed by atoms with van der Waals surface area (Å²) >= 11 is 4.28. The second kappa shape index (κ2) is 6.10. The van der Waals surface area contributed by atoms with E-state index in [9.17, 15) is 9.59 Å². The maximum atomic E-state index is 12.1. The fraction of sp³-hybridized carbons (Fsp3) is 0.429. The molecule has 0 radical (unpaired) electrons. The van der Waals surface area contributed by atoms with Crippen molar-refractivity contribution in [1.29, 1.82) is 0 Å². The summed E-state index contributed by atoms with van der Waals surface area (Å²) < 4.78 is 0. The van der Waals surface area contributed by atoms with E-state index in [2.05, 4.69) is 17.9 Å². The number of amides is 2. The van der Waals surface area contributed by atoms with Gasteiger partial charge in [-0.15, -0.1) is 12.6 Å². The summed E-state index contributed by atoms with van der Waals surface area (Å²) in [6.07, 6.45) is 1.61. The quantitative estimate of drug-likeness (QED) is 0.809. The zero-order chi connectivity index (χ0) is 13.8. The molecule has 0 saturated carbocycles. The third kappa shape index (κ3) is 3.50. The number of rotatable bonds is 2. The Morgan fingerprint density at radius 2 is 1.89 bits per heavy atom. The highest BCUT2D eigenvalue weighted by atomic mass is 32.1. The van der Waals surface area contributed by atoms with Crippen molar-refractivity contribution >= 4 is 24.4 Å². The van der Waals surface area contributed by atoms with Crippen LogP contribution in [-0.4, -0.2) is 35.8 Å². The molecule has 1 aliphatic rings. The van der Waals surface area contributed by atoms with Gasteiger partial charge in [0.15, 0.2) is 0 Å². The first kappa shape index (κ1) is 13.9. The number of piperidine rings is 1. The molecule has 0 atom stereocenters. The van der Waals surface area contributed by atoms with Crippen LogP contribution in [-0.2, 0) is 4.79 Å². The van der Waals surface area contributed by atoms with Crippen LogP contribution in [0.25, 0.3) is 0 Å². The fourth-order valence-electron chi connectivity index (χ4n) is 2.27. The minimum absolute atomic E-state index is 0.0909. The van der Waals surface area contributed by atoms with Crippen molar-refractivity contribution in [1.82, 2.24) is 10.2 Å². The summed E-state index contributed by atoms with van der Waals surface area (Å²) in [6.45, 7) is 3.00. The molecule has 0 aromatic heterocycles. The minimum atomic E-state index is -0.0909. The van der Waals surface area contributed by atoms with Gasteiger partial charge in [-0.1, -0.05) is 12.1 Å². The van der Waals surface area contributed by atoms with Crippen LogP contribution in [0, 0.1) is 0 Å². The van der Waals surface area contributed by atoms with Gasteiger partial charge in [0.2, 0.25) is 5.91 Å². The monoisotopic (exact) mass is 278 g/mol. The molecule has 102 valence electrons. The molecule has 1 heterocycles. The molecule has 1 saturated heterocycles. The highest BCUT2D eigenvalue weighted by Crippen LogP contribution is 2.15. The first-order chi connectivity index (χ1) is 9.08. The van der Waals surface area contributed by atoms with Crippen LogP contribution in [0.3, 0.4) is 0 Å². The van der Waals surface area contributed by atoms with Crippen LogP contribution in [0.15, 0.2) is 29.2 Å². The third-order valence-electron chi connectivity index (χ3n) is 3.42. The van der Waals surface area contributed by atoms with E-state index in [0.29, 0.717) is 23.5 Å². The Morgan fingerprint density at radius 1 is 1.26 bits per heavy atom. The van der Waals surface area contributed by atoms with Gasteiger partial charge >= 0.3 is 0 Å². The second-order valence-electron chi connectivity index (χ2n) is 4.77. The Bertz CT molecular complexity index is 482. The predicted molar refractivity (Wildman–Crippen MR) is 76.4 cm³/mol. The zero-order valence-electron chi connectivity index (χ0n) is 10.9. The number of carbonyl (C=O) groups excluding carboxylic acids is 2.